The number of ether oxygens (including phenoxy) is 1. The van der Waals surface area contributed by atoms with Crippen LogP contribution in [0.4, 0.5) is 13.2 Å². The molecule has 8 nitrogen and oxygen atoms in total. The Labute approximate surface area is 223 Å². The number of nitrogens with one attached hydrogen (secondary N) is 2. The third-order valence-corrected chi connectivity index (χ3v) is 6.47. The van der Waals surface area contributed by atoms with Gasteiger partial charge in [0.2, 0.25) is 11.8 Å². The number of carbonyl (C=O) groups excluding carboxylic acids is 3. The molecule has 1 heterocycles. The number of piperidine rings is 1. The fourth-order valence-electron chi connectivity index (χ4n) is 4.20. The third-order valence-electron chi connectivity index (χ3n) is 6.22. The molecule has 0 radical (unpaired) electrons. The molecule has 2 aromatic rings. The SMILES string of the molecule is NC(=O)CCC(NC(=O)c1cccc(OC(F)(F)F)c1)C(=O)NCC1CCN(Cc2ccc(Cl)cc2)CC1. The molecule has 1 unspecified atom stereocenters. The number of nitrogens with zero attached hydrogens (tertiary/aromatic N) is 1. The van der Waals surface area contributed by atoms with Gasteiger partial charge in [0.05, 0.1) is 0 Å². The molecule has 0 aliphatic carbocycles. The Hall–Kier alpha value is -3.31. The zero-order valence-corrected chi connectivity index (χ0v) is 21.4. The summed E-state index contributed by atoms with van der Waals surface area (Å²) in [5.74, 6) is -2.25. The topological polar surface area (TPSA) is 114 Å². The highest BCUT2D eigenvalue weighted by molar-refractivity contribution is 6.30. The van der Waals surface area contributed by atoms with Crippen molar-refractivity contribution in [2.75, 3.05) is 19.6 Å². The molecular formula is C26H30ClF3N4O4. The van der Waals surface area contributed by atoms with Gasteiger partial charge in [-0.2, -0.15) is 0 Å². The second kappa shape index (κ2) is 13.5. The molecule has 3 amide bonds. The first kappa shape index (κ1) is 29.2. The van der Waals surface area contributed by atoms with Crippen molar-refractivity contribution in [3.63, 3.8) is 0 Å². The van der Waals surface area contributed by atoms with Crippen LogP contribution in [0.3, 0.4) is 0 Å². The van der Waals surface area contributed by atoms with Crippen molar-refractivity contribution in [3.05, 3.63) is 64.7 Å². The smallest absolute Gasteiger partial charge is 0.406 e. The van der Waals surface area contributed by atoms with Gasteiger partial charge in [0.1, 0.15) is 11.8 Å². The summed E-state index contributed by atoms with van der Waals surface area (Å²) in [6.07, 6.45) is -3.37. The van der Waals surface area contributed by atoms with Crippen LogP contribution in [0.15, 0.2) is 48.5 Å². The molecule has 0 bridgehead atoms. The van der Waals surface area contributed by atoms with Crippen LogP contribution in [-0.2, 0) is 16.1 Å². The first-order chi connectivity index (χ1) is 18.0. The third kappa shape index (κ3) is 9.86. The number of halogens is 4. The number of alkyl halides is 3. The van der Waals surface area contributed by atoms with Crippen LogP contribution < -0.4 is 21.1 Å². The number of hydrogen-bond acceptors (Lipinski definition) is 5. The molecule has 1 aliphatic heterocycles. The lowest BCUT2D eigenvalue weighted by Gasteiger charge is -2.32. The average Bonchev–Trinajstić information content (AvgIpc) is 2.86. The maximum atomic E-state index is 12.9. The Bertz CT molecular complexity index is 1110. The van der Waals surface area contributed by atoms with E-state index >= 15 is 0 Å². The summed E-state index contributed by atoms with van der Waals surface area (Å²) in [7, 11) is 0. The van der Waals surface area contributed by atoms with Gasteiger partial charge in [-0.05, 0) is 74.2 Å². The van der Waals surface area contributed by atoms with Crippen LogP contribution in [0.1, 0.15) is 41.6 Å². The predicted octanol–water partition coefficient (Wildman–Crippen LogP) is 3.63. The van der Waals surface area contributed by atoms with Crippen LogP contribution in [-0.4, -0.2) is 54.7 Å². The van der Waals surface area contributed by atoms with Gasteiger partial charge >= 0.3 is 6.36 Å². The first-order valence-electron chi connectivity index (χ1n) is 12.2. The monoisotopic (exact) mass is 554 g/mol. The molecule has 0 spiro atoms. The van der Waals surface area contributed by atoms with Gasteiger partial charge in [-0.3, -0.25) is 19.3 Å². The number of nitrogens with two attached hydrogens (primary N) is 1. The van der Waals surface area contributed by atoms with E-state index in [9.17, 15) is 27.6 Å². The Kier molecular flexibility index (Phi) is 10.4. The molecule has 1 saturated heterocycles. The molecule has 3 rings (SSSR count). The van der Waals surface area contributed by atoms with E-state index in [-0.39, 0.29) is 24.3 Å². The number of rotatable bonds is 11. The number of likely N-dealkylation sites (tertiary alicyclic amines) is 1. The summed E-state index contributed by atoms with van der Waals surface area (Å²) in [4.78, 5) is 39.2. The minimum Gasteiger partial charge on any atom is -0.406 e. The zero-order chi connectivity index (χ0) is 27.7. The Morgan fingerprint density at radius 2 is 1.79 bits per heavy atom. The molecule has 206 valence electrons. The van der Waals surface area contributed by atoms with E-state index in [4.69, 9.17) is 17.3 Å². The molecule has 38 heavy (non-hydrogen) atoms. The standard InChI is InChI=1S/C26H30ClF3N4O4/c27-20-6-4-18(5-7-20)16-34-12-10-17(11-13-34)15-32-25(37)22(8-9-23(31)35)33-24(36)19-2-1-3-21(14-19)38-26(28,29)30/h1-7,14,17,22H,8-13,15-16H2,(H2,31,35)(H,32,37)(H,33,36). The molecule has 0 aromatic heterocycles. The van der Waals surface area contributed by atoms with Crippen LogP contribution in [0.5, 0.6) is 5.75 Å². The normalized spacial score (nSPS) is 15.5. The first-order valence-corrected chi connectivity index (χ1v) is 12.6. The maximum Gasteiger partial charge on any atom is 0.573 e. The Morgan fingerprint density at radius 3 is 2.42 bits per heavy atom. The number of benzene rings is 2. The molecule has 0 saturated carbocycles. The summed E-state index contributed by atoms with van der Waals surface area (Å²) in [6.45, 7) is 2.93. The van der Waals surface area contributed by atoms with Gasteiger partial charge < -0.3 is 21.1 Å². The number of amides is 3. The fraction of sp³-hybridized carbons (Fsp3) is 0.423. The Morgan fingerprint density at radius 1 is 1.11 bits per heavy atom. The van der Waals surface area contributed by atoms with Gasteiger partial charge in [0, 0.05) is 30.1 Å². The van der Waals surface area contributed by atoms with Crippen molar-refractivity contribution < 1.29 is 32.3 Å². The second-order valence-corrected chi connectivity index (χ2v) is 9.63. The zero-order valence-electron chi connectivity index (χ0n) is 20.6. The van der Waals surface area contributed by atoms with Crippen molar-refractivity contribution in [1.29, 1.82) is 0 Å². The lowest BCUT2D eigenvalue weighted by Crippen LogP contribution is -2.48. The van der Waals surface area contributed by atoms with Crippen LogP contribution in [0, 0.1) is 5.92 Å². The van der Waals surface area contributed by atoms with Crippen LogP contribution in [0.25, 0.3) is 0 Å². The fourth-order valence-corrected chi connectivity index (χ4v) is 4.32. The average molecular weight is 555 g/mol. The van der Waals surface area contributed by atoms with Crippen molar-refractivity contribution >= 4 is 29.3 Å². The van der Waals surface area contributed by atoms with Crippen molar-refractivity contribution in [3.8, 4) is 5.75 Å². The summed E-state index contributed by atoms with van der Waals surface area (Å²) in [5, 5.41) is 6.02. The maximum absolute atomic E-state index is 12.9. The molecular weight excluding hydrogens is 525 g/mol. The highest BCUT2D eigenvalue weighted by Crippen LogP contribution is 2.23. The van der Waals surface area contributed by atoms with Crippen molar-refractivity contribution in [1.82, 2.24) is 15.5 Å². The number of primary amides is 1. The van der Waals surface area contributed by atoms with Crippen LogP contribution in [0.2, 0.25) is 5.02 Å². The van der Waals surface area contributed by atoms with E-state index in [2.05, 4.69) is 20.3 Å². The molecule has 1 aliphatic rings. The number of hydrogen-bond donors (Lipinski definition) is 3. The van der Waals surface area contributed by atoms with Crippen molar-refractivity contribution in [2.24, 2.45) is 11.7 Å². The van der Waals surface area contributed by atoms with E-state index in [0.717, 1.165) is 44.6 Å². The quantitative estimate of drug-likeness (QED) is 0.392. The number of carbonyl (C=O) groups is 3. The molecule has 2 aromatic carbocycles. The van der Waals surface area contributed by atoms with E-state index in [1.54, 1.807) is 0 Å². The second-order valence-electron chi connectivity index (χ2n) is 9.20. The van der Waals surface area contributed by atoms with Crippen molar-refractivity contribution in [2.45, 2.75) is 44.6 Å². The minimum atomic E-state index is -4.91. The van der Waals surface area contributed by atoms with Crippen LogP contribution >= 0.6 is 11.6 Å². The minimum absolute atomic E-state index is 0.0504. The summed E-state index contributed by atoms with van der Waals surface area (Å²) < 4.78 is 41.4. The Balaban J connectivity index is 1.52. The van der Waals surface area contributed by atoms with Gasteiger partial charge in [0.25, 0.3) is 5.91 Å². The lowest BCUT2D eigenvalue weighted by atomic mass is 9.96. The van der Waals surface area contributed by atoms with Gasteiger partial charge in [-0.1, -0.05) is 29.8 Å². The molecule has 1 fully saturated rings. The van der Waals surface area contributed by atoms with E-state index < -0.39 is 35.9 Å². The molecule has 4 N–H and O–H groups in total. The lowest BCUT2D eigenvalue weighted by molar-refractivity contribution is -0.274. The summed E-state index contributed by atoms with van der Waals surface area (Å²) >= 11 is 5.94. The molecule has 12 heteroatoms. The largest absolute Gasteiger partial charge is 0.573 e. The van der Waals surface area contributed by atoms with Gasteiger partial charge in [-0.15, -0.1) is 13.2 Å². The van der Waals surface area contributed by atoms with Gasteiger partial charge in [-0.25, -0.2) is 0 Å². The van der Waals surface area contributed by atoms with Gasteiger partial charge in [0.15, 0.2) is 0 Å². The van der Waals surface area contributed by atoms with E-state index in [0.29, 0.717) is 11.6 Å². The predicted molar refractivity (Wildman–Crippen MR) is 135 cm³/mol. The van der Waals surface area contributed by atoms with E-state index in [1.807, 2.05) is 24.3 Å². The summed E-state index contributed by atoms with van der Waals surface area (Å²) in [6, 6.07) is 11.1. The summed E-state index contributed by atoms with van der Waals surface area (Å²) in [5.41, 5.74) is 6.25. The molecule has 1 atom stereocenters. The highest BCUT2D eigenvalue weighted by atomic mass is 35.5. The van der Waals surface area contributed by atoms with E-state index in [1.165, 1.54) is 17.7 Å². The highest BCUT2D eigenvalue weighted by Gasteiger charge is 2.31.